The van der Waals surface area contributed by atoms with E-state index in [1.807, 2.05) is 37.4 Å². The van der Waals surface area contributed by atoms with Gasteiger partial charge in [-0.25, -0.2) is 9.97 Å². The molecule has 8 heteroatoms. The average Bonchev–Trinajstić information content (AvgIpc) is 3.59. The van der Waals surface area contributed by atoms with Crippen molar-refractivity contribution in [2.45, 2.75) is 19.8 Å². The highest BCUT2D eigenvalue weighted by Crippen LogP contribution is 2.35. The number of rotatable bonds is 8. The molecule has 1 aliphatic heterocycles. The zero-order chi connectivity index (χ0) is 21.8. The normalized spacial score (nSPS) is 14.0. The predicted molar refractivity (Wildman–Crippen MR) is 126 cm³/mol. The van der Waals surface area contributed by atoms with Gasteiger partial charge in [0, 0.05) is 23.3 Å². The highest BCUT2D eigenvalue weighted by Gasteiger charge is 2.12. The van der Waals surface area contributed by atoms with Crippen LogP contribution in [0.4, 0.5) is 11.6 Å². The van der Waals surface area contributed by atoms with Gasteiger partial charge in [-0.2, -0.15) is 0 Å². The summed E-state index contributed by atoms with van der Waals surface area (Å²) < 4.78 is 10.8. The zero-order valence-electron chi connectivity index (χ0n) is 18.0. The monoisotopic (exact) mass is 447 g/mol. The van der Waals surface area contributed by atoms with E-state index in [0.29, 0.717) is 5.95 Å². The van der Waals surface area contributed by atoms with E-state index in [4.69, 9.17) is 14.2 Å². The molecule has 5 rings (SSSR count). The highest BCUT2D eigenvalue weighted by molar-refractivity contribution is 7.18. The third-order valence-electron chi connectivity index (χ3n) is 5.51. The number of nitrogens with one attached hydrogen (secondary N) is 1. The summed E-state index contributed by atoms with van der Waals surface area (Å²) in [7, 11) is 0. The van der Waals surface area contributed by atoms with Gasteiger partial charge in [-0.1, -0.05) is 5.16 Å². The van der Waals surface area contributed by atoms with Gasteiger partial charge in [0.2, 0.25) is 5.95 Å². The first-order valence-electron chi connectivity index (χ1n) is 10.8. The Morgan fingerprint density at radius 3 is 2.66 bits per heavy atom. The van der Waals surface area contributed by atoms with Crippen molar-refractivity contribution in [2.75, 3.05) is 31.6 Å². The summed E-state index contributed by atoms with van der Waals surface area (Å²) in [5.41, 5.74) is 3.82. The predicted octanol–water partition coefficient (Wildman–Crippen LogP) is 5.39. The first kappa shape index (κ1) is 20.7. The fourth-order valence-corrected chi connectivity index (χ4v) is 4.79. The minimum absolute atomic E-state index is 0.563. The molecule has 0 atom stereocenters. The van der Waals surface area contributed by atoms with Crippen molar-refractivity contribution in [3.63, 3.8) is 0 Å². The van der Waals surface area contributed by atoms with Crippen LogP contribution in [-0.2, 0) is 0 Å². The fraction of sp³-hybridized carbons (Fsp3) is 0.292. The van der Waals surface area contributed by atoms with Gasteiger partial charge >= 0.3 is 0 Å². The zero-order valence-corrected chi connectivity index (χ0v) is 18.8. The third kappa shape index (κ3) is 4.81. The molecule has 3 aromatic heterocycles. The lowest BCUT2D eigenvalue weighted by Crippen LogP contribution is -2.25. The van der Waals surface area contributed by atoms with Gasteiger partial charge in [-0.3, -0.25) is 4.90 Å². The second-order valence-corrected chi connectivity index (χ2v) is 8.93. The lowest BCUT2D eigenvalue weighted by molar-refractivity contribution is 0.238. The van der Waals surface area contributed by atoms with E-state index in [0.717, 1.165) is 51.2 Å². The molecule has 1 fully saturated rings. The third-order valence-corrected chi connectivity index (χ3v) is 6.65. The molecule has 7 nitrogen and oxygen atoms in total. The Bertz CT molecular complexity index is 1150. The summed E-state index contributed by atoms with van der Waals surface area (Å²) >= 11 is 1.65. The summed E-state index contributed by atoms with van der Waals surface area (Å²) in [6.07, 6.45) is 7.82. The number of ether oxygens (including phenoxy) is 1. The standard InChI is InChI=1S/C24H25N5O2S/c1-17-14-25-24(28-23(17)22-9-8-21(32-22)18-15-26-31-16-18)27-19-4-6-20(7-5-19)30-13-12-29-10-2-3-11-29/h4-9,14-16H,2-3,10-13H2,1H3,(H,25,27,28). The van der Waals surface area contributed by atoms with E-state index in [2.05, 4.69) is 32.5 Å². The van der Waals surface area contributed by atoms with E-state index in [1.165, 1.54) is 25.9 Å². The summed E-state index contributed by atoms with van der Waals surface area (Å²) in [6, 6.07) is 12.1. The van der Waals surface area contributed by atoms with Crippen molar-refractivity contribution in [3.8, 4) is 26.8 Å². The largest absolute Gasteiger partial charge is 0.492 e. The Morgan fingerprint density at radius 2 is 1.88 bits per heavy atom. The van der Waals surface area contributed by atoms with Crippen molar-refractivity contribution in [2.24, 2.45) is 0 Å². The molecule has 0 amide bonds. The maximum absolute atomic E-state index is 5.89. The molecule has 0 spiro atoms. The number of aromatic nitrogens is 3. The quantitative estimate of drug-likeness (QED) is 0.388. The summed E-state index contributed by atoms with van der Waals surface area (Å²) in [5.74, 6) is 1.44. The molecule has 1 aromatic carbocycles. The van der Waals surface area contributed by atoms with Crippen LogP contribution < -0.4 is 10.1 Å². The van der Waals surface area contributed by atoms with Crippen LogP contribution >= 0.6 is 11.3 Å². The Balaban J connectivity index is 1.24. The van der Waals surface area contributed by atoms with Gasteiger partial charge in [0.25, 0.3) is 0 Å². The molecule has 32 heavy (non-hydrogen) atoms. The Morgan fingerprint density at radius 1 is 1.06 bits per heavy atom. The highest BCUT2D eigenvalue weighted by atomic mass is 32.1. The Labute approximate surface area is 191 Å². The van der Waals surface area contributed by atoms with Crippen LogP contribution in [0.1, 0.15) is 18.4 Å². The van der Waals surface area contributed by atoms with Crippen molar-refractivity contribution in [1.82, 2.24) is 20.0 Å². The lowest BCUT2D eigenvalue weighted by Gasteiger charge is -2.15. The van der Waals surface area contributed by atoms with Crippen LogP contribution in [0.25, 0.3) is 21.0 Å². The minimum atomic E-state index is 0.563. The number of aryl methyl sites for hydroxylation is 1. The molecule has 0 bridgehead atoms. The Kier molecular flexibility index (Phi) is 6.13. The van der Waals surface area contributed by atoms with Crippen LogP contribution in [0.2, 0.25) is 0 Å². The summed E-state index contributed by atoms with van der Waals surface area (Å²) in [4.78, 5) is 13.8. The van der Waals surface area contributed by atoms with Crippen LogP contribution in [-0.4, -0.2) is 46.3 Å². The smallest absolute Gasteiger partial charge is 0.227 e. The van der Waals surface area contributed by atoms with Crippen LogP contribution in [0.5, 0.6) is 5.75 Å². The molecule has 0 saturated carbocycles. The van der Waals surface area contributed by atoms with E-state index in [9.17, 15) is 0 Å². The lowest BCUT2D eigenvalue weighted by atomic mass is 10.2. The van der Waals surface area contributed by atoms with Crippen LogP contribution in [0.15, 0.2) is 59.6 Å². The van der Waals surface area contributed by atoms with Crippen LogP contribution in [0, 0.1) is 6.92 Å². The van der Waals surface area contributed by atoms with Gasteiger partial charge in [0.1, 0.15) is 18.6 Å². The average molecular weight is 448 g/mol. The number of hydrogen-bond donors (Lipinski definition) is 1. The first-order chi connectivity index (χ1) is 15.7. The van der Waals surface area contributed by atoms with Crippen molar-refractivity contribution in [1.29, 1.82) is 0 Å². The summed E-state index contributed by atoms with van der Waals surface area (Å²) in [6.45, 7) is 6.11. The van der Waals surface area contributed by atoms with E-state index in [1.54, 1.807) is 23.8 Å². The first-order valence-corrected chi connectivity index (χ1v) is 11.6. The second kappa shape index (κ2) is 9.50. The number of thiophene rings is 1. The van der Waals surface area contributed by atoms with Gasteiger partial charge < -0.3 is 14.6 Å². The molecule has 0 aliphatic carbocycles. The number of benzene rings is 1. The Hall–Kier alpha value is -3.23. The van der Waals surface area contributed by atoms with Crippen molar-refractivity contribution in [3.05, 3.63) is 60.6 Å². The fourth-order valence-electron chi connectivity index (χ4n) is 3.76. The molecule has 0 radical (unpaired) electrons. The molecule has 1 N–H and O–H groups in total. The van der Waals surface area contributed by atoms with Gasteiger partial charge in [0.15, 0.2) is 0 Å². The molecule has 1 saturated heterocycles. The minimum Gasteiger partial charge on any atom is -0.492 e. The van der Waals surface area contributed by atoms with Crippen molar-refractivity contribution < 1.29 is 9.26 Å². The van der Waals surface area contributed by atoms with E-state index < -0.39 is 0 Å². The molecule has 0 unspecified atom stereocenters. The summed E-state index contributed by atoms with van der Waals surface area (Å²) in [5, 5.41) is 7.08. The number of nitrogens with zero attached hydrogens (tertiary/aromatic N) is 4. The molecule has 164 valence electrons. The molecule has 4 aromatic rings. The molecular formula is C24H25N5O2S. The maximum atomic E-state index is 5.89. The van der Waals surface area contributed by atoms with Crippen molar-refractivity contribution >= 4 is 23.0 Å². The molecule has 1 aliphatic rings. The molecule has 4 heterocycles. The second-order valence-electron chi connectivity index (χ2n) is 7.85. The van der Waals surface area contributed by atoms with Gasteiger partial charge in [-0.15, -0.1) is 11.3 Å². The number of likely N-dealkylation sites (tertiary alicyclic amines) is 1. The van der Waals surface area contributed by atoms with Gasteiger partial charge in [0.05, 0.1) is 22.3 Å². The topological polar surface area (TPSA) is 76.3 Å². The molecular weight excluding hydrogens is 422 g/mol. The van der Waals surface area contributed by atoms with E-state index in [-0.39, 0.29) is 0 Å². The van der Waals surface area contributed by atoms with Crippen LogP contribution in [0.3, 0.4) is 0 Å². The van der Waals surface area contributed by atoms with E-state index >= 15 is 0 Å². The van der Waals surface area contributed by atoms with Gasteiger partial charge in [-0.05, 0) is 74.8 Å². The SMILES string of the molecule is Cc1cnc(Nc2ccc(OCCN3CCCC3)cc2)nc1-c1ccc(-c2cnoc2)s1. The number of hydrogen-bond acceptors (Lipinski definition) is 8. The maximum Gasteiger partial charge on any atom is 0.227 e. The number of anilines is 2.